The first-order valence-electron chi connectivity index (χ1n) is 20.1. The minimum absolute atomic E-state index is 0.0618. The minimum Gasteiger partial charge on any atom is -0.372 e. The van der Waals surface area contributed by atoms with Gasteiger partial charge in [-0.25, -0.2) is 12.7 Å². The number of aryl methyl sites for hydroxylation is 1. The smallest absolute Gasteiger partial charge is 0.255 e. The van der Waals surface area contributed by atoms with Crippen molar-refractivity contribution in [2.24, 2.45) is 0 Å². The van der Waals surface area contributed by atoms with Crippen LogP contribution >= 0.6 is 0 Å². The fourth-order valence-electron chi connectivity index (χ4n) is 8.17. The zero-order valence-electron chi connectivity index (χ0n) is 33.0. The third kappa shape index (κ3) is 9.89. The Balaban J connectivity index is 1.07. The predicted molar refractivity (Wildman–Crippen MR) is 224 cm³/mol. The number of nitrogens with zero attached hydrogens (tertiary/aromatic N) is 5. The fraction of sp³-hybridized carbons (Fsp3) is 0.409. The second-order valence-corrected chi connectivity index (χ2v) is 17.4. The molecule has 3 aliphatic rings. The van der Waals surface area contributed by atoms with Gasteiger partial charge in [-0.2, -0.15) is 0 Å². The molecule has 1 aromatic heterocycles. The Morgan fingerprint density at radius 2 is 1.58 bits per heavy atom. The molecule has 13 heteroatoms. The number of carbonyl (C=O) groups is 3. The SMILES string of the molecule is CN(CCN1CCCN(S(C)(=O)=O)CC1)C(=O)c1cccc(C(=O)Nc2ccc(N3CCCCC3)cc2-c2cc(C(=O)NC3CCCc4ccccc43)ccn2)c1. The Labute approximate surface area is 336 Å². The molecule has 3 amide bonds. The number of piperidine rings is 1. The molecule has 3 aromatic carbocycles. The minimum atomic E-state index is -3.24. The van der Waals surface area contributed by atoms with Gasteiger partial charge in [-0.3, -0.25) is 19.4 Å². The summed E-state index contributed by atoms with van der Waals surface area (Å²) in [6.45, 7) is 5.25. The summed E-state index contributed by atoms with van der Waals surface area (Å²) in [4.78, 5) is 52.0. The van der Waals surface area contributed by atoms with Crippen LogP contribution in [0.4, 0.5) is 11.4 Å². The highest BCUT2D eigenvalue weighted by molar-refractivity contribution is 7.88. The molecule has 1 unspecified atom stereocenters. The van der Waals surface area contributed by atoms with E-state index in [0.717, 1.165) is 63.8 Å². The second kappa shape index (κ2) is 18.0. The molecule has 12 nitrogen and oxygen atoms in total. The quantitative estimate of drug-likeness (QED) is 0.194. The second-order valence-electron chi connectivity index (χ2n) is 15.4. The Morgan fingerprint density at radius 1 is 0.789 bits per heavy atom. The third-order valence-electron chi connectivity index (χ3n) is 11.4. The monoisotopic (exact) mass is 791 g/mol. The number of aromatic nitrogens is 1. The van der Waals surface area contributed by atoms with Gasteiger partial charge in [-0.15, -0.1) is 0 Å². The molecular formula is C44H53N7O5S. The summed E-state index contributed by atoms with van der Waals surface area (Å²) in [5.41, 5.74) is 6.51. The number of rotatable bonds is 11. The van der Waals surface area contributed by atoms with Gasteiger partial charge in [0.25, 0.3) is 17.7 Å². The van der Waals surface area contributed by atoms with E-state index in [4.69, 9.17) is 4.98 Å². The highest BCUT2D eigenvalue weighted by atomic mass is 32.2. The fourth-order valence-corrected chi connectivity index (χ4v) is 9.04. The van der Waals surface area contributed by atoms with Crippen LogP contribution < -0.4 is 15.5 Å². The Kier molecular flexibility index (Phi) is 12.7. The lowest BCUT2D eigenvalue weighted by atomic mass is 9.87. The van der Waals surface area contributed by atoms with Gasteiger partial charge in [0.15, 0.2) is 0 Å². The standard InChI is InChI=1S/C44H53N7O5S/c1-48(25-26-49-21-10-24-51(28-27-49)57(2,55)56)44(54)35-14-8-13-33(29-35)42(52)47-40-18-17-36(50-22-6-3-7-23-50)31-38(40)41-30-34(19-20-45-41)43(53)46-39-16-9-12-32-11-4-5-15-37(32)39/h4-5,8,11,13-15,17-20,29-31,39H,3,6-7,9-10,12,16,21-28H2,1-2H3,(H,46,53)(H,47,52). The maximum absolute atomic E-state index is 13.9. The summed E-state index contributed by atoms with van der Waals surface area (Å²) in [6.07, 6.45) is 9.93. The number of anilines is 2. The van der Waals surface area contributed by atoms with Crippen LogP contribution in [-0.2, 0) is 16.4 Å². The maximum Gasteiger partial charge on any atom is 0.255 e. The van der Waals surface area contributed by atoms with Gasteiger partial charge >= 0.3 is 0 Å². The van der Waals surface area contributed by atoms with Crippen molar-refractivity contribution in [2.45, 2.75) is 51.0 Å². The number of carbonyl (C=O) groups excluding carboxylic acids is 3. The summed E-state index contributed by atoms with van der Waals surface area (Å²) in [5.74, 6) is -0.751. The van der Waals surface area contributed by atoms with Crippen LogP contribution in [0.2, 0.25) is 0 Å². The number of hydrogen-bond donors (Lipinski definition) is 2. The van der Waals surface area contributed by atoms with Crippen LogP contribution in [-0.4, -0.2) is 111 Å². The number of amides is 3. The van der Waals surface area contributed by atoms with Crippen molar-refractivity contribution in [2.75, 3.05) is 75.9 Å². The van der Waals surface area contributed by atoms with Crippen LogP contribution in [0.1, 0.15) is 86.8 Å². The van der Waals surface area contributed by atoms with E-state index >= 15 is 0 Å². The molecular weight excluding hydrogens is 739 g/mol. The van der Waals surface area contributed by atoms with Gasteiger partial charge < -0.3 is 25.3 Å². The van der Waals surface area contributed by atoms with E-state index in [-0.39, 0.29) is 23.8 Å². The van der Waals surface area contributed by atoms with E-state index in [1.54, 1.807) is 54.5 Å². The maximum atomic E-state index is 13.9. The van der Waals surface area contributed by atoms with Crippen LogP contribution in [0.25, 0.3) is 11.3 Å². The first kappa shape index (κ1) is 40.1. The van der Waals surface area contributed by atoms with Crippen molar-refractivity contribution < 1.29 is 22.8 Å². The van der Waals surface area contributed by atoms with E-state index in [9.17, 15) is 22.8 Å². The van der Waals surface area contributed by atoms with Crippen molar-refractivity contribution in [3.05, 3.63) is 113 Å². The molecule has 2 N–H and O–H groups in total. The zero-order valence-corrected chi connectivity index (χ0v) is 33.8. The summed E-state index contributed by atoms with van der Waals surface area (Å²) >= 11 is 0. The first-order chi connectivity index (χ1) is 27.5. The number of fused-ring (bicyclic) bond motifs is 1. The van der Waals surface area contributed by atoms with Gasteiger partial charge in [0.05, 0.1) is 23.7 Å². The summed E-state index contributed by atoms with van der Waals surface area (Å²) in [5, 5.41) is 6.35. The number of benzene rings is 3. The van der Waals surface area contributed by atoms with Gasteiger partial charge in [-0.1, -0.05) is 30.3 Å². The summed E-state index contributed by atoms with van der Waals surface area (Å²) in [6, 6.07) is 24.4. The molecule has 2 fully saturated rings. The van der Waals surface area contributed by atoms with E-state index < -0.39 is 10.0 Å². The molecule has 0 radical (unpaired) electrons. The number of sulfonamides is 1. The predicted octanol–water partition coefficient (Wildman–Crippen LogP) is 5.84. The van der Waals surface area contributed by atoms with Crippen LogP contribution in [0.3, 0.4) is 0 Å². The van der Waals surface area contributed by atoms with Crippen LogP contribution in [0, 0.1) is 0 Å². The van der Waals surface area contributed by atoms with E-state index in [2.05, 4.69) is 32.6 Å². The molecule has 0 saturated carbocycles. The summed E-state index contributed by atoms with van der Waals surface area (Å²) in [7, 11) is -1.50. The van der Waals surface area contributed by atoms with E-state index in [1.807, 2.05) is 30.3 Å². The average molecular weight is 792 g/mol. The van der Waals surface area contributed by atoms with Crippen molar-refractivity contribution in [1.29, 1.82) is 0 Å². The number of likely N-dealkylation sites (N-methyl/N-ethyl adjacent to an activating group) is 1. The lowest BCUT2D eigenvalue weighted by molar-refractivity contribution is 0.0778. The Bertz CT molecular complexity index is 2210. The van der Waals surface area contributed by atoms with Gasteiger partial charge in [-0.05, 0) is 111 Å². The normalized spacial score (nSPS) is 17.9. The average Bonchev–Trinajstić information content (AvgIpc) is 3.49. The lowest BCUT2D eigenvalue weighted by Crippen LogP contribution is -2.39. The molecule has 3 heterocycles. The molecule has 1 aliphatic carbocycles. The highest BCUT2D eigenvalue weighted by Gasteiger charge is 2.25. The molecule has 0 spiro atoms. The van der Waals surface area contributed by atoms with E-state index in [1.165, 1.54) is 28.1 Å². The van der Waals surface area contributed by atoms with E-state index in [0.29, 0.717) is 66.4 Å². The van der Waals surface area contributed by atoms with Gasteiger partial charge in [0.1, 0.15) is 0 Å². The van der Waals surface area contributed by atoms with Crippen molar-refractivity contribution in [1.82, 2.24) is 24.4 Å². The topological polar surface area (TPSA) is 135 Å². The van der Waals surface area contributed by atoms with Crippen LogP contribution in [0.5, 0.6) is 0 Å². The largest absolute Gasteiger partial charge is 0.372 e. The molecule has 2 saturated heterocycles. The van der Waals surface area contributed by atoms with Gasteiger partial charge in [0, 0.05) is 87.0 Å². The Hall–Kier alpha value is -5.11. The molecule has 57 heavy (non-hydrogen) atoms. The van der Waals surface area contributed by atoms with Crippen molar-refractivity contribution in [3.63, 3.8) is 0 Å². The Morgan fingerprint density at radius 3 is 2.40 bits per heavy atom. The number of nitrogens with one attached hydrogen (secondary N) is 2. The first-order valence-corrected chi connectivity index (χ1v) is 22.0. The molecule has 1 atom stereocenters. The third-order valence-corrected chi connectivity index (χ3v) is 12.7. The van der Waals surface area contributed by atoms with Crippen molar-refractivity contribution >= 4 is 39.1 Å². The van der Waals surface area contributed by atoms with Crippen molar-refractivity contribution in [3.8, 4) is 11.3 Å². The highest BCUT2D eigenvalue weighted by Crippen LogP contribution is 2.34. The lowest BCUT2D eigenvalue weighted by Gasteiger charge is -2.29. The number of hydrogen-bond acceptors (Lipinski definition) is 8. The molecule has 4 aromatic rings. The summed E-state index contributed by atoms with van der Waals surface area (Å²) < 4.78 is 25.5. The molecule has 2 aliphatic heterocycles. The molecule has 0 bridgehead atoms. The molecule has 7 rings (SSSR count). The molecule has 300 valence electrons. The van der Waals surface area contributed by atoms with Crippen LogP contribution in [0.15, 0.2) is 85.1 Å². The van der Waals surface area contributed by atoms with Gasteiger partial charge in [0.2, 0.25) is 10.0 Å². The zero-order chi connectivity index (χ0) is 39.9. The number of pyridine rings is 1.